The molecule has 2 aliphatic rings. The number of hydrogen-bond acceptors (Lipinski definition) is 6. The summed E-state index contributed by atoms with van der Waals surface area (Å²) < 4.78 is 34.2. The number of allylic oxidation sites excluding steroid dienone is 2. The van der Waals surface area contributed by atoms with Crippen LogP contribution in [0.25, 0.3) is 0 Å². The van der Waals surface area contributed by atoms with Crippen molar-refractivity contribution in [2.75, 3.05) is 23.7 Å². The molecule has 1 fully saturated rings. The van der Waals surface area contributed by atoms with E-state index >= 15 is 0 Å². The van der Waals surface area contributed by atoms with Crippen molar-refractivity contribution in [3.05, 3.63) is 82.9 Å². The van der Waals surface area contributed by atoms with Crippen molar-refractivity contribution in [1.29, 1.82) is 0 Å². The lowest BCUT2D eigenvalue weighted by atomic mass is 9.70. The van der Waals surface area contributed by atoms with Gasteiger partial charge in [0, 0.05) is 23.7 Å². The lowest BCUT2D eigenvalue weighted by molar-refractivity contribution is 0.0461. The number of rotatable bonds is 12. The molecule has 0 unspecified atom stereocenters. The van der Waals surface area contributed by atoms with Crippen molar-refractivity contribution in [2.45, 2.75) is 77.9 Å². The van der Waals surface area contributed by atoms with E-state index in [1.807, 2.05) is 31.2 Å². The summed E-state index contributed by atoms with van der Waals surface area (Å²) in [7, 11) is -3.83. The molecule has 44 heavy (non-hydrogen) atoms. The van der Waals surface area contributed by atoms with Gasteiger partial charge in [-0.3, -0.25) is 4.79 Å². The largest absolute Gasteiger partial charge is 0.487 e. The zero-order valence-electron chi connectivity index (χ0n) is 26.0. The van der Waals surface area contributed by atoms with Gasteiger partial charge in [0.2, 0.25) is 10.0 Å². The number of aryl methyl sites for hydroxylation is 1. The Morgan fingerprint density at radius 2 is 2.02 bits per heavy atom. The number of aliphatic hydroxyl groups is 1. The number of halogens is 1. The number of aliphatic hydroxyl groups excluding tert-OH is 1. The smallest absolute Gasteiger partial charge is 0.264 e. The van der Waals surface area contributed by atoms with Crippen LogP contribution in [0.1, 0.15) is 80.3 Å². The number of carbonyl (C=O) groups is 1. The number of ether oxygens (including phenoxy) is 1. The Kier molecular flexibility index (Phi) is 12.4. The monoisotopic (exact) mass is 642 g/mol. The number of fused-ring (bicyclic) bond motifs is 2. The molecular formula is C35H47ClN2O5S. The number of nitrogens with one attached hydrogen (secondary N) is 1. The first-order valence-electron chi connectivity index (χ1n) is 15.9. The molecule has 4 atom stereocenters. The number of anilines is 1. The Balaban J connectivity index is 1.62. The first kappa shape index (κ1) is 34.1. The first-order chi connectivity index (χ1) is 21.1. The molecule has 0 saturated heterocycles. The van der Waals surface area contributed by atoms with Gasteiger partial charge in [0.1, 0.15) is 12.4 Å². The molecule has 2 aromatic rings. The summed E-state index contributed by atoms with van der Waals surface area (Å²) in [6, 6.07) is 11.0. The molecule has 1 aliphatic carbocycles. The van der Waals surface area contributed by atoms with E-state index in [-0.39, 0.29) is 29.1 Å². The second-order valence-electron chi connectivity index (χ2n) is 12.3. The Morgan fingerprint density at radius 1 is 1.20 bits per heavy atom. The van der Waals surface area contributed by atoms with Crippen molar-refractivity contribution in [2.24, 2.45) is 17.8 Å². The van der Waals surface area contributed by atoms with Crippen LogP contribution < -0.4 is 14.4 Å². The van der Waals surface area contributed by atoms with Crippen LogP contribution in [0.15, 0.2) is 61.2 Å². The maximum absolute atomic E-state index is 13.3. The fourth-order valence-corrected chi connectivity index (χ4v) is 7.71. The summed E-state index contributed by atoms with van der Waals surface area (Å²) in [6.45, 7) is 9.41. The predicted molar refractivity (Wildman–Crippen MR) is 179 cm³/mol. The SMILES string of the molecule is C=CC[C@@H](C)CS(=O)(=O)NC(=O)c1ccc2c(c1)N(C[C@@H]1CC[C@H]1[C@H](O)/C=C/CCC)CCCCc1cc(Cl)ccc1CO2. The average Bonchev–Trinajstić information content (AvgIpc) is 2.98. The minimum Gasteiger partial charge on any atom is -0.487 e. The van der Waals surface area contributed by atoms with Gasteiger partial charge < -0.3 is 14.7 Å². The Morgan fingerprint density at radius 3 is 2.75 bits per heavy atom. The van der Waals surface area contributed by atoms with E-state index in [1.165, 1.54) is 5.56 Å². The molecule has 0 bridgehead atoms. The van der Waals surface area contributed by atoms with Crippen molar-refractivity contribution < 1.29 is 23.1 Å². The Labute approximate surface area is 268 Å². The normalized spacial score (nSPS) is 20.3. The van der Waals surface area contributed by atoms with Gasteiger partial charge in [0.05, 0.1) is 17.5 Å². The second kappa shape index (κ2) is 16.0. The molecule has 4 rings (SSSR count). The lowest BCUT2D eigenvalue weighted by Gasteiger charge is -2.42. The summed E-state index contributed by atoms with van der Waals surface area (Å²) in [5.41, 5.74) is 3.25. The van der Waals surface area contributed by atoms with Crippen molar-refractivity contribution in [3.8, 4) is 5.75 Å². The third-order valence-corrected chi connectivity index (χ3v) is 10.5. The molecule has 0 spiro atoms. The highest BCUT2D eigenvalue weighted by atomic mass is 35.5. The molecule has 1 amide bonds. The van der Waals surface area contributed by atoms with Crippen LogP contribution in [0.4, 0.5) is 5.69 Å². The average molecular weight is 643 g/mol. The van der Waals surface area contributed by atoms with E-state index in [0.29, 0.717) is 30.3 Å². The minimum absolute atomic E-state index is 0.158. The van der Waals surface area contributed by atoms with Crippen LogP contribution in [0.2, 0.25) is 5.02 Å². The number of sulfonamides is 1. The van der Waals surface area contributed by atoms with Gasteiger partial charge in [-0.2, -0.15) is 0 Å². The van der Waals surface area contributed by atoms with E-state index in [1.54, 1.807) is 24.3 Å². The van der Waals surface area contributed by atoms with Gasteiger partial charge in [-0.1, -0.05) is 56.2 Å². The number of benzene rings is 2. The van der Waals surface area contributed by atoms with E-state index in [2.05, 4.69) is 29.2 Å². The van der Waals surface area contributed by atoms with E-state index in [9.17, 15) is 18.3 Å². The maximum atomic E-state index is 13.3. The molecule has 1 saturated carbocycles. The van der Waals surface area contributed by atoms with E-state index in [4.69, 9.17) is 16.3 Å². The molecule has 0 radical (unpaired) electrons. The molecule has 7 nitrogen and oxygen atoms in total. The van der Waals surface area contributed by atoms with Gasteiger partial charge in [0.25, 0.3) is 5.91 Å². The molecule has 0 aromatic heterocycles. The quantitative estimate of drug-likeness (QED) is 0.240. The maximum Gasteiger partial charge on any atom is 0.264 e. The topological polar surface area (TPSA) is 95.9 Å². The summed E-state index contributed by atoms with van der Waals surface area (Å²) in [5, 5.41) is 11.6. The molecule has 240 valence electrons. The number of amides is 1. The van der Waals surface area contributed by atoms with Crippen molar-refractivity contribution in [1.82, 2.24) is 4.72 Å². The highest BCUT2D eigenvalue weighted by Crippen LogP contribution is 2.41. The number of nitrogens with zero attached hydrogens (tertiary/aromatic N) is 1. The second-order valence-corrected chi connectivity index (χ2v) is 14.5. The molecule has 1 heterocycles. The first-order valence-corrected chi connectivity index (χ1v) is 17.9. The summed E-state index contributed by atoms with van der Waals surface area (Å²) in [5.74, 6) is 0.110. The van der Waals surface area contributed by atoms with Gasteiger partial charge in [-0.15, -0.1) is 6.58 Å². The molecule has 2 aromatic carbocycles. The highest BCUT2D eigenvalue weighted by molar-refractivity contribution is 7.90. The van der Waals surface area contributed by atoms with Gasteiger partial charge >= 0.3 is 0 Å². The van der Waals surface area contributed by atoms with Crippen LogP contribution >= 0.6 is 11.6 Å². The van der Waals surface area contributed by atoms with Crippen LogP contribution in [-0.2, 0) is 23.1 Å². The molecule has 9 heteroatoms. The van der Waals surface area contributed by atoms with Gasteiger partial charge in [-0.25, -0.2) is 13.1 Å². The number of unbranched alkanes of at least 4 members (excludes halogenated alkanes) is 1. The summed E-state index contributed by atoms with van der Waals surface area (Å²) in [6.07, 6.45) is 12.5. The fourth-order valence-electron chi connectivity index (χ4n) is 6.15. The molecule has 1 aliphatic heterocycles. The third-order valence-electron chi connectivity index (χ3n) is 8.72. The van der Waals surface area contributed by atoms with Crippen LogP contribution in [0, 0.1) is 17.8 Å². The molecule has 2 N–H and O–H groups in total. The Bertz CT molecular complexity index is 1430. The van der Waals surface area contributed by atoms with E-state index < -0.39 is 22.0 Å². The summed E-state index contributed by atoms with van der Waals surface area (Å²) in [4.78, 5) is 15.5. The van der Waals surface area contributed by atoms with Crippen LogP contribution in [0.5, 0.6) is 5.75 Å². The van der Waals surface area contributed by atoms with Gasteiger partial charge in [-0.05, 0) is 104 Å². The standard InChI is InChI=1S/C35H47ClN2O5S/c1-4-6-7-12-33(39)31-17-14-28(31)22-38-19-9-8-11-26-20-30(36)16-13-29(26)23-43-34-18-15-27(21-32(34)38)35(40)37-44(41,42)24-25(3)10-5-2/h5,7,12-13,15-16,18,20-21,25,28,31,33,39H,2,4,6,8-11,14,17,19,22-24H2,1,3H3,(H,37,40)/b12-7+/t25-,28+,31-,33-/m1/s1. The minimum atomic E-state index is -3.83. The van der Waals surface area contributed by atoms with E-state index in [0.717, 1.165) is 62.7 Å². The number of hydrogen-bond donors (Lipinski definition) is 2. The zero-order chi connectivity index (χ0) is 31.7. The van der Waals surface area contributed by atoms with Crippen LogP contribution in [0.3, 0.4) is 0 Å². The number of carbonyl (C=O) groups excluding carboxylic acids is 1. The van der Waals surface area contributed by atoms with Crippen molar-refractivity contribution >= 4 is 33.2 Å². The predicted octanol–water partition coefficient (Wildman–Crippen LogP) is 7.08. The van der Waals surface area contributed by atoms with Crippen molar-refractivity contribution in [3.63, 3.8) is 0 Å². The summed E-state index contributed by atoms with van der Waals surface area (Å²) >= 11 is 6.32. The van der Waals surface area contributed by atoms with Gasteiger partial charge in [0.15, 0.2) is 0 Å². The lowest BCUT2D eigenvalue weighted by Crippen LogP contribution is -2.43. The zero-order valence-corrected chi connectivity index (χ0v) is 27.6. The highest BCUT2D eigenvalue weighted by Gasteiger charge is 2.36. The fraction of sp³-hybridized carbons (Fsp3) is 0.514. The third kappa shape index (κ3) is 9.35. The van der Waals surface area contributed by atoms with Crippen LogP contribution in [-0.4, -0.2) is 44.4 Å². The molecular weight excluding hydrogens is 596 g/mol. The Hall–Kier alpha value is -2.81.